The lowest BCUT2D eigenvalue weighted by molar-refractivity contribution is -0.354. The summed E-state index contributed by atoms with van der Waals surface area (Å²) in [5.74, 6) is -0.621. The number of primary amides is 1. The summed E-state index contributed by atoms with van der Waals surface area (Å²) in [6.45, 7) is 0.769. The van der Waals surface area contributed by atoms with Crippen LogP contribution >= 0.6 is 0 Å². The highest BCUT2D eigenvalue weighted by Gasteiger charge is 2.46. The number of nitrogens with two attached hydrogens (primary N) is 2. The van der Waals surface area contributed by atoms with Gasteiger partial charge < -0.3 is 11.1 Å². The van der Waals surface area contributed by atoms with Crippen LogP contribution in [0, 0.1) is 5.92 Å². The molecule has 0 aromatic heterocycles. The number of hydrogen-bond acceptors (Lipinski definition) is 5. The molecule has 0 bridgehead atoms. The SMILES string of the molecule is NC(=O)/C(=C/N[C@H]1CCCC[C@@H]1C1=NC1)C(N)=[NH+]c1ccc(S(=O)(=O)C(F)(F)F)cc1. The Kier molecular flexibility index (Phi) is 6.39. The molecule has 2 aliphatic rings. The number of hydrogen-bond donors (Lipinski definition) is 4. The van der Waals surface area contributed by atoms with E-state index in [1.165, 1.54) is 6.20 Å². The summed E-state index contributed by atoms with van der Waals surface area (Å²) in [5.41, 5.74) is 7.29. The molecular formula is C19H23F3N5O3S+. The molecule has 0 spiro atoms. The van der Waals surface area contributed by atoms with E-state index in [-0.39, 0.29) is 23.1 Å². The lowest BCUT2D eigenvalue weighted by atomic mass is 9.83. The molecule has 6 N–H and O–H groups in total. The maximum atomic E-state index is 12.6. The number of halogens is 3. The molecule has 1 amide bonds. The van der Waals surface area contributed by atoms with E-state index in [0.717, 1.165) is 62.2 Å². The van der Waals surface area contributed by atoms with E-state index in [2.05, 4.69) is 15.3 Å². The van der Waals surface area contributed by atoms with Gasteiger partial charge in [0.05, 0.1) is 11.4 Å². The minimum atomic E-state index is -5.45. The third-order valence-corrected chi connectivity index (χ3v) is 6.78. The summed E-state index contributed by atoms with van der Waals surface area (Å²) in [7, 11) is -5.45. The molecule has 12 heteroatoms. The van der Waals surface area contributed by atoms with Crippen LogP contribution in [0.25, 0.3) is 0 Å². The van der Waals surface area contributed by atoms with E-state index < -0.39 is 26.1 Å². The van der Waals surface area contributed by atoms with E-state index in [1.54, 1.807) is 0 Å². The van der Waals surface area contributed by atoms with Gasteiger partial charge in [0.15, 0.2) is 0 Å². The normalized spacial score (nSPS) is 22.6. The standard InChI is InChI=1S/C19H22F3N5O3S/c20-19(21,22)31(29,30)12-7-5-11(6-8-12)27-17(23)14(18(24)28)9-25-15-4-2-1-3-13(15)16-10-26-16/h5-9,13,15,25H,1-4,10H2,(H2,23,27)(H2,24,28)/p+1/b14-9+/t13-,15-/m0/s1. The number of benzene rings is 1. The van der Waals surface area contributed by atoms with Gasteiger partial charge in [-0.05, 0) is 37.1 Å². The number of rotatable bonds is 7. The maximum absolute atomic E-state index is 12.6. The zero-order valence-corrected chi connectivity index (χ0v) is 17.3. The van der Waals surface area contributed by atoms with Gasteiger partial charge in [-0.1, -0.05) is 12.8 Å². The van der Waals surface area contributed by atoms with Gasteiger partial charge in [-0.15, -0.1) is 0 Å². The monoisotopic (exact) mass is 458 g/mol. The van der Waals surface area contributed by atoms with Crippen molar-refractivity contribution in [1.29, 1.82) is 0 Å². The lowest BCUT2D eigenvalue weighted by Crippen LogP contribution is -2.70. The number of aliphatic imine (C=N–C) groups is 1. The van der Waals surface area contributed by atoms with Gasteiger partial charge in [0, 0.05) is 23.9 Å². The Morgan fingerprint density at radius 2 is 1.77 bits per heavy atom. The van der Waals surface area contributed by atoms with Crippen LogP contribution in [-0.4, -0.2) is 44.0 Å². The van der Waals surface area contributed by atoms with E-state index in [0.29, 0.717) is 5.92 Å². The van der Waals surface area contributed by atoms with Gasteiger partial charge in [-0.25, -0.2) is 13.4 Å². The molecule has 1 aliphatic carbocycles. The number of amidine groups is 1. The van der Waals surface area contributed by atoms with Crippen LogP contribution in [-0.2, 0) is 14.6 Å². The Hall–Kier alpha value is -2.89. The highest BCUT2D eigenvalue weighted by atomic mass is 32.2. The first-order valence-corrected chi connectivity index (χ1v) is 11.1. The minimum absolute atomic E-state index is 0.0333. The Morgan fingerprint density at radius 1 is 1.16 bits per heavy atom. The smallest absolute Gasteiger partial charge is 0.387 e. The van der Waals surface area contributed by atoms with Crippen molar-refractivity contribution in [2.45, 2.75) is 42.1 Å². The van der Waals surface area contributed by atoms with Gasteiger partial charge in [-0.2, -0.15) is 13.2 Å². The van der Waals surface area contributed by atoms with Crippen molar-refractivity contribution in [3.63, 3.8) is 0 Å². The Balaban J connectivity index is 1.78. The molecule has 168 valence electrons. The predicted octanol–water partition coefficient (Wildman–Crippen LogP) is 0.0216. The summed E-state index contributed by atoms with van der Waals surface area (Å²) in [4.78, 5) is 17.9. The number of nitrogens with zero attached hydrogens (tertiary/aromatic N) is 1. The Labute approximate surface area is 177 Å². The Bertz CT molecular complexity index is 1050. The number of carbonyl (C=O) groups is 1. The molecular weight excluding hydrogens is 435 g/mol. The molecule has 1 saturated carbocycles. The predicted molar refractivity (Wildman–Crippen MR) is 108 cm³/mol. The number of sulfone groups is 1. The third kappa shape index (κ3) is 5.24. The zero-order valence-electron chi connectivity index (χ0n) is 16.4. The fraction of sp³-hybridized carbons (Fsp3) is 0.421. The summed E-state index contributed by atoms with van der Waals surface area (Å²) < 4.78 is 60.8. The lowest BCUT2D eigenvalue weighted by Gasteiger charge is -2.29. The minimum Gasteiger partial charge on any atom is -0.387 e. The van der Waals surface area contributed by atoms with Crippen LogP contribution in [0.4, 0.5) is 18.9 Å². The van der Waals surface area contributed by atoms with Crippen LogP contribution in [0.1, 0.15) is 25.7 Å². The summed E-state index contributed by atoms with van der Waals surface area (Å²) >= 11 is 0. The van der Waals surface area contributed by atoms with Gasteiger partial charge in [-0.3, -0.25) is 15.5 Å². The van der Waals surface area contributed by atoms with Crippen molar-refractivity contribution < 1.29 is 31.4 Å². The van der Waals surface area contributed by atoms with Gasteiger partial charge >= 0.3 is 5.51 Å². The van der Waals surface area contributed by atoms with E-state index >= 15 is 0 Å². The van der Waals surface area contributed by atoms with Crippen molar-refractivity contribution in [2.75, 3.05) is 6.54 Å². The van der Waals surface area contributed by atoms with Crippen LogP contribution in [0.3, 0.4) is 0 Å². The molecule has 0 saturated heterocycles. The second-order valence-electron chi connectivity index (χ2n) is 7.41. The molecule has 1 fully saturated rings. The van der Waals surface area contributed by atoms with E-state index in [1.807, 2.05) is 0 Å². The number of alkyl halides is 3. The average molecular weight is 458 g/mol. The molecule has 1 aliphatic heterocycles. The third-order valence-electron chi connectivity index (χ3n) is 5.28. The first-order chi connectivity index (χ1) is 14.5. The first-order valence-electron chi connectivity index (χ1n) is 9.61. The number of carbonyl (C=O) groups excluding carboxylic acids is 1. The molecule has 1 aromatic carbocycles. The fourth-order valence-electron chi connectivity index (χ4n) is 3.56. The summed E-state index contributed by atoms with van der Waals surface area (Å²) in [5, 5.41) is 3.20. The van der Waals surface area contributed by atoms with Crippen molar-refractivity contribution in [3.05, 3.63) is 36.0 Å². The molecule has 1 aromatic rings. The van der Waals surface area contributed by atoms with Crippen LogP contribution in [0.5, 0.6) is 0 Å². The molecule has 31 heavy (non-hydrogen) atoms. The van der Waals surface area contributed by atoms with E-state index in [9.17, 15) is 26.4 Å². The van der Waals surface area contributed by atoms with Crippen LogP contribution in [0.2, 0.25) is 0 Å². The topological polar surface area (TPSA) is 142 Å². The van der Waals surface area contributed by atoms with Gasteiger partial charge in [0.1, 0.15) is 11.3 Å². The fourth-order valence-corrected chi connectivity index (χ4v) is 4.32. The van der Waals surface area contributed by atoms with Crippen LogP contribution < -0.4 is 21.8 Å². The van der Waals surface area contributed by atoms with Crippen molar-refractivity contribution >= 4 is 33.0 Å². The van der Waals surface area contributed by atoms with Crippen LogP contribution in [0.15, 0.2) is 45.9 Å². The summed E-state index contributed by atoms with van der Waals surface area (Å²) in [6.07, 6.45) is 5.52. The highest BCUT2D eigenvalue weighted by Crippen LogP contribution is 2.30. The van der Waals surface area contributed by atoms with E-state index in [4.69, 9.17) is 11.5 Å². The highest BCUT2D eigenvalue weighted by molar-refractivity contribution is 7.92. The number of nitrogens with one attached hydrogen (secondary N) is 2. The number of amides is 1. The van der Waals surface area contributed by atoms with Crippen molar-refractivity contribution in [1.82, 2.24) is 5.32 Å². The second-order valence-corrected chi connectivity index (χ2v) is 9.35. The molecule has 8 nitrogen and oxygen atoms in total. The Morgan fingerprint density at radius 3 is 2.32 bits per heavy atom. The molecule has 0 radical (unpaired) electrons. The van der Waals surface area contributed by atoms with Crippen molar-refractivity contribution in [3.8, 4) is 0 Å². The largest absolute Gasteiger partial charge is 0.501 e. The summed E-state index contributed by atoms with van der Waals surface area (Å²) in [6, 6.07) is 3.92. The quantitative estimate of drug-likeness (QED) is 0.259. The maximum Gasteiger partial charge on any atom is 0.501 e. The average Bonchev–Trinajstić information content (AvgIpc) is 3.53. The van der Waals surface area contributed by atoms with Crippen molar-refractivity contribution in [2.24, 2.45) is 22.4 Å². The zero-order chi connectivity index (χ0) is 22.8. The first kappa shape index (κ1) is 22.8. The molecule has 2 atom stereocenters. The van der Waals surface area contributed by atoms with Gasteiger partial charge in [0.2, 0.25) is 0 Å². The second kappa shape index (κ2) is 8.69. The van der Waals surface area contributed by atoms with Gasteiger partial charge in [0.25, 0.3) is 21.6 Å². The molecule has 3 rings (SSSR count). The molecule has 1 heterocycles. The molecule has 0 unspecified atom stereocenters.